The molecule has 0 heteroatoms. The van der Waals surface area contributed by atoms with Crippen molar-refractivity contribution in [2.24, 2.45) is 0 Å². The molecule has 0 amide bonds. The van der Waals surface area contributed by atoms with Gasteiger partial charge >= 0.3 is 0 Å². The largest absolute Gasteiger partial charge is 0.0622 e. The third-order valence-corrected chi connectivity index (χ3v) is 6.81. The lowest BCUT2D eigenvalue weighted by Gasteiger charge is -2.10. The quantitative estimate of drug-likeness (QED) is 0.178. The van der Waals surface area contributed by atoms with Crippen LogP contribution in [0.15, 0.2) is 158 Å². The van der Waals surface area contributed by atoms with Gasteiger partial charge in [0.25, 0.3) is 0 Å². The minimum Gasteiger partial charge on any atom is -0.0622 e. The van der Waals surface area contributed by atoms with E-state index in [1.54, 1.807) is 0 Å². The summed E-state index contributed by atoms with van der Waals surface area (Å²) >= 11 is 0. The van der Waals surface area contributed by atoms with Gasteiger partial charge in [-0.25, -0.2) is 0 Å². The van der Waals surface area contributed by atoms with Crippen LogP contribution in [0, 0.1) is 47.4 Å². The second-order valence-corrected chi connectivity index (χ2v) is 9.98. The van der Waals surface area contributed by atoms with Crippen LogP contribution in [0.1, 0.15) is 44.5 Å². The summed E-state index contributed by atoms with van der Waals surface area (Å²) in [4.78, 5) is 0. The zero-order valence-corrected chi connectivity index (χ0v) is 24.0. The van der Waals surface area contributed by atoms with Crippen LogP contribution >= 0.6 is 0 Å². The molecule has 6 aromatic rings. The maximum Gasteiger partial charge on any atom is 0.0328 e. The zero-order chi connectivity index (χ0) is 29.8. The Hall–Kier alpha value is -6.44. The van der Waals surface area contributed by atoms with Crippen LogP contribution in [0.3, 0.4) is 0 Å². The summed E-state index contributed by atoms with van der Waals surface area (Å²) in [6.45, 7) is 0. The van der Waals surface area contributed by atoms with Crippen molar-refractivity contribution in [3.05, 3.63) is 202 Å². The summed E-state index contributed by atoms with van der Waals surface area (Å²) in [6.07, 6.45) is 0. The van der Waals surface area contributed by atoms with Crippen molar-refractivity contribution in [1.82, 2.24) is 0 Å². The van der Waals surface area contributed by atoms with E-state index in [2.05, 4.69) is 71.6 Å². The summed E-state index contributed by atoms with van der Waals surface area (Å²) in [5, 5.41) is 0. The van der Waals surface area contributed by atoms with Crippen LogP contribution < -0.4 is 0 Å². The molecular formula is C44H26. The van der Waals surface area contributed by atoms with Crippen LogP contribution in [0.5, 0.6) is 0 Å². The number of rotatable bonds is 1. The van der Waals surface area contributed by atoms with E-state index < -0.39 is 0 Å². The second kappa shape index (κ2) is 14.0. The monoisotopic (exact) mass is 554 g/mol. The summed E-state index contributed by atoms with van der Waals surface area (Å²) in [5.74, 6) is 26.8. The van der Waals surface area contributed by atoms with Crippen LogP contribution in [-0.4, -0.2) is 0 Å². The highest BCUT2D eigenvalue weighted by atomic mass is 14.1. The molecule has 0 radical (unpaired) electrons. The maximum atomic E-state index is 3.42. The normalized spacial score (nSPS) is 9.55. The molecule has 0 bridgehead atoms. The van der Waals surface area contributed by atoms with Crippen molar-refractivity contribution >= 4 is 0 Å². The van der Waals surface area contributed by atoms with E-state index in [9.17, 15) is 0 Å². The molecule has 0 saturated carbocycles. The molecule has 44 heavy (non-hydrogen) atoms. The van der Waals surface area contributed by atoms with Gasteiger partial charge in [-0.1, -0.05) is 120 Å². The lowest BCUT2D eigenvalue weighted by Crippen LogP contribution is -1.93. The molecule has 0 saturated heterocycles. The molecule has 0 aromatic heterocycles. The molecule has 0 unspecified atom stereocenters. The fraction of sp³-hybridized carbons (Fsp3) is 0. The van der Waals surface area contributed by atoms with Crippen LogP contribution in [0.2, 0.25) is 0 Å². The molecule has 0 fully saturated rings. The maximum absolute atomic E-state index is 3.42. The topological polar surface area (TPSA) is 0 Å². The smallest absolute Gasteiger partial charge is 0.0328 e. The highest BCUT2D eigenvalue weighted by Gasteiger charge is 2.10. The molecule has 0 atom stereocenters. The first kappa shape index (κ1) is 27.7. The minimum absolute atomic E-state index is 0.898. The lowest BCUT2D eigenvalue weighted by molar-refractivity contribution is 1.52. The van der Waals surface area contributed by atoms with E-state index in [4.69, 9.17) is 0 Å². The van der Waals surface area contributed by atoms with E-state index in [-0.39, 0.29) is 0 Å². The van der Waals surface area contributed by atoms with Gasteiger partial charge in [-0.05, 0) is 96.1 Å². The average Bonchev–Trinajstić information content (AvgIpc) is 3.10. The third kappa shape index (κ3) is 7.44. The van der Waals surface area contributed by atoms with Crippen LogP contribution in [0.4, 0.5) is 0 Å². The highest BCUT2D eigenvalue weighted by Crippen LogP contribution is 2.29. The first-order valence-corrected chi connectivity index (χ1v) is 14.4. The molecule has 0 aliphatic rings. The molecular weight excluding hydrogens is 528 g/mol. The first-order valence-electron chi connectivity index (χ1n) is 14.4. The van der Waals surface area contributed by atoms with Crippen molar-refractivity contribution in [2.75, 3.05) is 0 Å². The molecule has 0 aliphatic carbocycles. The Morgan fingerprint density at radius 2 is 0.500 bits per heavy atom. The van der Waals surface area contributed by atoms with E-state index in [1.807, 2.05) is 133 Å². The molecule has 0 aliphatic heterocycles. The summed E-state index contributed by atoms with van der Waals surface area (Å²) in [7, 11) is 0. The number of hydrogen-bond donors (Lipinski definition) is 0. The van der Waals surface area contributed by atoms with Gasteiger partial charge in [-0.3, -0.25) is 0 Å². The summed E-state index contributed by atoms with van der Waals surface area (Å²) in [6, 6.07) is 52.5. The first-order chi connectivity index (χ1) is 21.8. The van der Waals surface area contributed by atoms with E-state index in [1.165, 1.54) is 0 Å². The Kier molecular flexibility index (Phi) is 8.79. The van der Waals surface area contributed by atoms with Crippen LogP contribution in [0.25, 0.3) is 11.1 Å². The summed E-state index contributed by atoms with van der Waals surface area (Å²) < 4.78 is 0. The van der Waals surface area contributed by atoms with E-state index >= 15 is 0 Å². The Morgan fingerprint density at radius 3 is 0.818 bits per heavy atom. The Balaban J connectivity index is 1.52. The van der Waals surface area contributed by atoms with Gasteiger partial charge < -0.3 is 0 Å². The Morgan fingerprint density at radius 1 is 0.227 bits per heavy atom. The van der Waals surface area contributed by atoms with Gasteiger partial charge in [-0.2, -0.15) is 0 Å². The predicted molar refractivity (Wildman–Crippen MR) is 182 cm³/mol. The highest BCUT2D eigenvalue weighted by molar-refractivity contribution is 5.79. The van der Waals surface area contributed by atoms with Crippen LogP contribution in [-0.2, 0) is 0 Å². The molecule has 202 valence electrons. The van der Waals surface area contributed by atoms with Gasteiger partial charge in [-0.15, -0.1) is 0 Å². The number of benzene rings is 6. The molecule has 0 spiro atoms. The van der Waals surface area contributed by atoms with Gasteiger partial charge in [0, 0.05) is 44.5 Å². The van der Waals surface area contributed by atoms with Crippen molar-refractivity contribution in [3.63, 3.8) is 0 Å². The molecule has 6 aromatic carbocycles. The van der Waals surface area contributed by atoms with Gasteiger partial charge in [0.1, 0.15) is 0 Å². The van der Waals surface area contributed by atoms with Gasteiger partial charge in [0.05, 0.1) is 0 Å². The lowest BCUT2D eigenvalue weighted by atomic mass is 9.92. The standard InChI is InChI=1S/C44H26/c1-5-13-35(14-6-1)21-23-39-27-31-41(29-25-37-17-9-3-10-18-37)43(33-39)44-34-40(24-22-36-15-7-2-8-16-36)28-32-42(44)30-26-38-19-11-4-12-20-38/h1-20,27-28,31-34H. The molecule has 6 rings (SSSR count). The van der Waals surface area contributed by atoms with Crippen molar-refractivity contribution in [3.8, 4) is 58.5 Å². The Bertz CT molecular complexity index is 1980. The Labute approximate surface area is 260 Å². The number of hydrogen-bond acceptors (Lipinski definition) is 0. The van der Waals surface area contributed by atoms with E-state index in [0.29, 0.717) is 0 Å². The van der Waals surface area contributed by atoms with Crippen molar-refractivity contribution in [2.45, 2.75) is 0 Å². The zero-order valence-electron chi connectivity index (χ0n) is 24.0. The van der Waals surface area contributed by atoms with Gasteiger partial charge in [0.15, 0.2) is 0 Å². The third-order valence-electron chi connectivity index (χ3n) is 6.81. The van der Waals surface area contributed by atoms with Gasteiger partial charge in [0.2, 0.25) is 0 Å². The second-order valence-electron chi connectivity index (χ2n) is 9.98. The van der Waals surface area contributed by atoms with Crippen molar-refractivity contribution < 1.29 is 0 Å². The van der Waals surface area contributed by atoms with E-state index in [0.717, 1.165) is 55.6 Å². The molecule has 0 heterocycles. The summed E-state index contributed by atoms with van der Waals surface area (Å²) in [5.41, 5.74) is 9.38. The minimum atomic E-state index is 0.898. The average molecular weight is 555 g/mol. The van der Waals surface area contributed by atoms with Crippen molar-refractivity contribution in [1.29, 1.82) is 0 Å². The molecule has 0 N–H and O–H groups in total. The fourth-order valence-electron chi connectivity index (χ4n) is 4.56. The predicted octanol–water partition coefficient (Wildman–Crippen LogP) is 8.95. The molecule has 0 nitrogen and oxygen atoms in total. The fourth-order valence-corrected chi connectivity index (χ4v) is 4.56. The SMILES string of the molecule is C(#Cc1ccc(C#Cc2ccccc2)c(-c2cc(C#Cc3ccccc3)ccc2C#Cc2ccccc2)c1)c1ccccc1.